The number of anilines is 1. The molecule has 1 aliphatic heterocycles. The Morgan fingerprint density at radius 2 is 2.12 bits per heavy atom. The summed E-state index contributed by atoms with van der Waals surface area (Å²) in [6.07, 6.45) is 12.0. The van der Waals surface area contributed by atoms with Gasteiger partial charge >= 0.3 is 5.69 Å². The van der Waals surface area contributed by atoms with Crippen LogP contribution in [-0.4, -0.2) is 54.6 Å². The summed E-state index contributed by atoms with van der Waals surface area (Å²) in [6, 6.07) is 6.95. The molecule has 2 N–H and O–H groups in total. The normalized spacial score (nSPS) is 17.2. The van der Waals surface area contributed by atoms with E-state index in [4.69, 9.17) is 9.97 Å². The van der Waals surface area contributed by atoms with Crippen molar-refractivity contribution in [2.75, 3.05) is 18.0 Å². The molecule has 1 amide bonds. The molecule has 34 heavy (non-hydrogen) atoms. The average molecular weight is 454 g/mol. The van der Waals surface area contributed by atoms with Crippen molar-refractivity contribution >= 4 is 17.4 Å². The number of aromatic amines is 1. The van der Waals surface area contributed by atoms with Gasteiger partial charge in [0.25, 0.3) is 5.91 Å². The van der Waals surface area contributed by atoms with Crippen molar-refractivity contribution in [3.63, 3.8) is 0 Å². The van der Waals surface area contributed by atoms with Crippen molar-refractivity contribution in [2.24, 2.45) is 0 Å². The van der Waals surface area contributed by atoms with E-state index in [1.165, 1.54) is 16.2 Å². The first-order valence-electron chi connectivity index (χ1n) is 11.3. The first kappa shape index (κ1) is 20.3. The largest absolute Gasteiger partial charge is 0.350 e. The van der Waals surface area contributed by atoms with E-state index >= 15 is 0 Å². The molecule has 0 bridgehead atoms. The average Bonchev–Trinajstić information content (AvgIpc) is 3.50. The van der Waals surface area contributed by atoms with E-state index in [1.54, 1.807) is 24.5 Å². The summed E-state index contributed by atoms with van der Waals surface area (Å²) in [5.41, 5.74) is 3.66. The monoisotopic (exact) mass is 454 g/mol. The topological polar surface area (TPSA) is 121 Å². The van der Waals surface area contributed by atoms with Gasteiger partial charge < -0.3 is 10.2 Å². The van der Waals surface area contributed by atoms with Crippen LogP contribution in [0.1, 0.15) is 28.0 Å². The van der Waals surface area contributed by atoms with Gasteiger partial charge in [-0.15, -0.1) is 0 Å². The maximum absolute atomic E-state index is 12.9. The quantitative estimate of drug-likeness (QED) is 0.449. The van der Waals surface area contributed by atoms with Gasteiger partial charge in [-0.1, -0.05) is 12.2 Å². The highest BCUT2D eigenvalue weighted by Gasteiger charge is 2.26. The lowest BCUT2D eigenvalue weighted by atomic mass is 10.1. The molecule has 170 valence electrons. The molecule has 0 radical (unpaired) electrons. The molecule has 0 spiro atoms. The number of nitrogens with zero attached hydrogens (tertiary/aromatic N) is 6. The number of H-pyrrole nitrogens is 1. The maximum Gasteiger partial charge on any atom is 0.347 e. The number of nitrogens with one attached hydrogen (secondary N) is 2. The summed E-state index contributed by atoms with van der Waals surface area (Å²) in [6.45, 7) is 1.30. The van der Waals surface area contributed by atoms with Gasteiger partial charge in [-0.2, -0.15) is 5.10 Å². The molecule has 10 nitrogen and oxygen atoms in total. The van der Waals surface area contributed by atoms with Gasteiger partial charge in [0.05, 0.1) is 11.6 Å². The highest BCUT2D eigenvalue weighted by atomic mass is 16.2. The van der Waals surface area contributed by atoms with Crippen LogP contribution >= 0.6 is 0 Å². The number of aryl methyl sites for hydroxylation is 1. The minimum atomic E-state index is -0.379. The zero-order valence-electron chi connectivity index (χ0n) is 18.3. The number of carbonyl (C=O) groups is 1. The molecule has 5 heterocycles. The molecule has 0 saturated heterocycles. The highest BCUT2D eigenvalue weighted by molar-refractivity contribution is 5.94. The molecule has 10 heteroatoms. The number of amides is 1. The highest BCUT2D eigenvalue weighted by Crippen LogP contribution is 2.32. The van der Waals surface area contributed by atoms with Crippen LogP contribution in [-0.2, 0) is 12.8 Å². The van der Waals surface area contributed by atoms with Gasteiger partial charge in [-0.3, -0.25) is 9.78 Å². The van der Waals surface area contributed by atoms with Crippen LogP contribution in [0.5, 0.6) is 0 Å². The molecular weight excluding hydrogens is 432 g/mol. The third-order valence-electron chi connectivity index (χ3n) is 6.23. The zero-order chi connectivity index (χ0) is 23.1. The number of carbonyl (C=O) groups excluding carboxylic acids is 1. The zero-order valence-corrected chi connectivity index (χ0v) is 18.3. The second-order valence-electron chi connectivity index (χ2n) is 8.48. The van der Waals surface area contributed by atoms with Crippen molar-refractivity contribution in [1.82, 2.24) is 34.9 Å². The van der Waals surface area contributed by atoms with Crippen LogP contribution < -0.4 is 15.9 Å². The van der Waals surface area contributed by atoms with Gasteiger partial charge in [0.15, 0.2) is 11.5 Å². The molecule has 1 unspecified atom stereocenters. The maximum atomic E-state index is 12.9. The molecule has 0 fully saturated rings. The summed E-state index contributed by atoms with van der Waals surface area (Å²) in [5, 5.41) is 9.33. The van der Waals surface area contributed by atoms with Crippen molar-refractivity contribution in [3.05, 3.63) is 82.3 Å². The number of hydrogen-bond donors (Lipinski definition) is 2. The third-order valence-corrected chi connectivity index (χ3v) is 6.23. The molecule has 2 aliphatic rings. The van der Waals surface area contributed by atoms with Crippen molar-refractivity contribution in [3.8, 4) is 11.4 Å². The minimum absolute atomic E-state index is 0.202. The second-order valence-corrected chi connectivity index (χ2v) is 8.48. The van der Waals surface area contributed by atoms with Crippen molar-refractivity contribution in [1.29, 1.82) is 0 Å². The Morgan fingerprint density at radius 1 is 1.18 bits per heavy atom. The molecule has 4 aromatic heterocycles. The third kappa shape index (κ3) is 3.62. The Labute approximate surface area is 194 Å². The number of rotatable bonds is 4. The van der Waals surface area contributed by atoms with Gasteiger partial charge in [0.1, 0.15) is 5.82 Å². The van der Waals surface area contributed by atoms with E-state index in [-0.39, 0.29) is 17.6 Å². The molecule has 0 aromatic carbocycles. The van der Waals surface area contributed by atoms with Crippen LogP contribution in [0, 0.1) is 0 Å². The first-order valence-corrected chi connectivity index (χ1v) is 11.3. The minimum Gasteiger partial charge on any atom is -0.350 e. The molecule has 4 aromatic rings. The SMILES string of the molecule is O=C(NC1C=CCN(c2nc(-c3cccnc3)nc3c2CCC3)C1)c1ccc2n[nH]c(=O)n2c1. The van der Waals surface area contributed by atoms with E-state index in [2.05, 4.69) is 25.4 Å². The van der Waals surface area contributed by atoms with E-state index in [1.807, 2.05) is 24.3 Å². The number of fused-ring (bicyclic) bond motifs is 2. The van der Waals surface area contributed by atoms with E-state index in [9.17, 15) is 9.59 Å². The van der Waals surface area contributed by atoms with E-state index in [0.29, 0.717) is 30.1 Å². The summed E-state index contributed by atoms with van der Waals surface area (Å²) in [4.78, 5) is 40.9. The predicted octanol–water partition coefficient (Wildman–Crippen LogP) is 1.54. The van der Waals surface area contributed by atoms with E-state index in [0.717, 1.165) is 36.3 Å². The number of hydrogen-bond acceptors (Lipinski definition) is 7. The van der Waals surface area contributed by atoms with Gasteiger partial charge in [0, 0.05) is 48.5 Å². The van der Waals surface area contributed by atoms with Crippen LogP contribution in [0.3, 0.4) is 0 Å². The van der Waals surface area contributed by atoms with Crippen LogP contribution in [0.25, 0.3) is 17.0 Å². The summed E-state index contributed by atoms with van der Waals surface area (Å²) in [5.74, 6) is 1.35. The summed E-state index contributed by atoms with van der Waals surface area (Å²) < 4.78 is 1.32. The summed E-state index contributed by atoms with van der Waals surface area (Å²) in [7, 11) is 0. The lowest BCUT2D eigenvalue weighted by molar-refractivity contribution is 0.0944. The second kappa shape index (κ2) is 8.22. The molecule has 0 saturated carbocycles. The van der Waals surface area contributed by atoms with Crippen LogP contribution in [0.2, 0.25) is 0 Å². The van der Waals surface area contributed by atoms with Gasteiger partial charge in [0.2, 0.25) is 0 Å². The summed E-state index contributed by atoms with van der Waals surface area (Å²) >= 11 is 0. The van der Waals surface area contributed by atoms with Crippen LogP contribution in [0.4, 0.5) is 5.82 Å². The number of pyridine rings is 2. The fourth-order valence-electron chi connectivity index (χ4n) is 4.58. The van der Waals surface area contributed by atoms with Crippen LogP contribution in [0.15, 0.2) is 59.8 Å². The fourth-order valence-corrected chi connectivity index (χ4v) is 4.58. The Bertz CT molecular complexity index is 1470. The van der Waals surface area contributed by atoms with E-state index < -0.39 is 0 Å². The fraction of sp³-hybridized carbons (Fsp3) is 0.250. The van der Waals surface area contributed by atoms with Gasteiger partial charge in [-0.05, 0) is 43.5 Å². The number of aromatic nitrogens is 6. The lowest BCUT2D eigenvalue weighted by Crippen LogP contribution is -2.46. The Kier molecular flexibility index (Phi) is 4.90. The van der Waals surface area contributed by atoms with Crippen molar-refractivity contribution < 1.29 is 4.79 Å². The lowest BCUT2D eigenvalue weighted by Gasteiger charge is -2.31. The Morgan fingerprint density at radius 3 is 3.00 bits per heavy atom. The molecule has 6 rings (SSSR count). The molecule has 1 aliphatic carbocycles. The predicted molar refractivity (Wildman–Crippen MR) is 126 cm³/mol. The van der Waals surface area contributed by atoms with Crippen molar-refractivity contribution in [2.45, 2.75) is 25.3 Å². The smallest absolute Gasteiger partial charge is 0.347 e. The first-order chi connectivity index (χ1) is 16.7. The standard InChI is InChI=1S/C24H22N8O2/c33-23(16-8-9-20-29-30-24(34)32(20)13-16)26-17-5-3-11-31(14-17)22-18-6-1-7-19(18)27-21(28-22)15-4-2-10-25-12-15/h2-5,8-10,12-13,17H,1,6-7,11,14H2,(H,26,33)(H,30,34). The Hall–Kier alpha value is -4.34. The Balaban J connectivity index is 1.26. The molecule has 1 atom stereocenters. The molecular formula is C24H22N8O2. The van der Waals surface area contributed by atoms with Gasteiger partial charge in [-0.25, -0.2) is 24.3 Å².